The lowest BCUT2D eigenvalue weighted by Crippen LogP contribution is -2.24. The standard InChI is InChI=1S/C16H25NO3/c1-4-5-6-12-17-16(18)11-10-13-14(19-2)8-7-9-15(13)20-3/h7-9H,4-6,10-12H2,1-3H3,(H,17,18). The van der Waals surface area contributed by atoms with Gasteiger partial charge in [0.2, 0.25) is 5.91 Å². The van der Waals surface area contributed by atoms with Gasteiger partial charge in [-0.3, -0.25) is 4.79 Å². The predicted octanol–water partition coefficient (Wildman–Crippen LogP) is 2.94. The van der Waals surface area contributed by atoms with Crippen LogP contribution in [0.4, 0.5) is 0 Å². The number of rotatable bonds is 9. The van der Waals surface area contributed by atoms with Gasteiger partial charge in [0.15, 0.2) is 0 Å². The largest absolute Gasteiger partial charge is 0.496 e. The molecule has 1 N–H and O–H groups in total. The zero-order valence-corrected chi connectivity index (χ0v) is 12.7. The van der Waals surface area contributed by atoms with Gasteiger partial charge in [0.25, 0.3) is 0 Å². The van der Waals surface area contributed by atoms with Crippen molar-refractivity contribution in [1.82, 2.24) is 5.32 Å². The summed E-state index contributed by atoms with van der Waals surface area (Å²) in [6, 6.07) is 5.65. The van der Waals surface area contributed by atoms with Crippen molar-refractivity contribution in [3.63, 3.8) is 0 Å². The number of amides is 1. The number of carbonyl (C=O) groups excluding carboxylic acids is 1. The van der Waals surface area contributed by atoms with Crippen LogP contribution in [0.15, 0.2) is 18.2 Å². The Kier molecular flexibility index (Phi) is 7.55. The third-order valence-corrected chi connectivity index (χ3v) is 3.23. The Bertz CT molecular complexity index is 396. The number of nitrogens with one attached hydrogen (secondary N) is 1. The molecule has 0 bridgehead atoms. The van der Waals surface area contributed by atoms with Crippen LogP contribution in [0.1, 0.15) is 38.2 Å². The number of ether oxygens (including phenoxy) is 2. The number of benzene rings is 1. The molecule has 0 aliphatic rings. The smallest absolute Gasteiger partial charge is 0.220 e. The second kappa shape index (κ2) is 9.23. The average molecular weight is 279 g/mol. The van der Waals surface area contributed by atoms with Gasteiger partial charge in [0.1, 0.15) is 11.5 Å². The van der Waals surface area contributed by atoms with E-state index in [0.717, 1.165) is 42.9 Å². The quantitative estimate of drug-likeness (QED) is 0.707. The van der Waals surface area contributed by atoms with Gasteiger partial charge in [0.05, 0.1) is 14.2 Å². The fourth-order valence-electron chi connectivity index (χ4n) is 2.10. The first-order chi connectivity index (χ1) is 9.72. The molecule has 0 aromatic heterocycles. The summed E-state index contributed by atoms with van der Waals surface area (Å²) in [4.78, 5) is 11.8. The zero-order valence-electron chi connectivity index (χ0n) is 12.7. The molecule has 1 aromatic carbocycles. The lowest BCUT2D eigenvalue weighted by Gasteiger charge is -2.12. The Morgan fingerprint density at radius 3 is 2.35 bits per heavy atom. The van der Waals surface area contributed by atoms with Gasteiger partial charge in [-0.15, -0.1) is 0 Å². The van der Waals surface area contributed by atoms with E-state index in [0.29, 0.717) is 12.8 Å². The fraction of sp³-hybridized carbons (Fsp3) is 0.562. The zero-order chi connectivity index (χ0) is 14.8. The van der Waals surface area contributed by atoms with Crippen LogP contribution in [0.25, 0.3) is 0 Å². The molecule has 0 spiro atoms. The molecular formula is C16H25NO3. The van der Waals surface area contributed by atoms with Crippen molar-refractivity contribution < 1.29 is 14.3 Å². The molecule has 0 saturated carbocycles. The van der Waals surface area contributed by atoms with Crippen molar-refractivity contribution in [3.05, 3.63) is 23.8 Å². The van der Waals surface area contributed by atoms with Crippen molar-refractivity contribution >= 4 is 5.91 Å². The van der Waals surface area contributed by atoms with Crippen LogP contribution in [0.2, 0.25) is 0 Å². The average Bonchev–Trinajstić information content (AvgIpc) is 2.49. The molecule has 0 radical (unpaired) electrons. The third kappa shape index (κ3) is 5.11. The van der Waals surface area contributed by atoms with Crippen LogP contribution in [0.5, 0.6) is 11.5 Å². The number of methoxy groups -OCH3 is 2. The minimum atomic E-state index is 0.0778. The van der Waals surface area contributed by atoms with E-state index in [9.17, 15) is 4.79 Å². The molecule has 0 saturated heterocycles. The summed E-state index contributed by atoms with van der Waals surface area (Å²) in [5, 5.41) is 2.94. The van der Waals surface area contributed by atoms with Gasteiger partial charge in [-0.25, -0.2) is 0 Å². The van der Waals surface area contributed by atoms with E-state index >= 15 is 0 Å². The molecule has 0 heterocycles. The van der Waals surface area contributed by atoms with E-state index in [1.54, 1.807) is 14.2 Å². The predicted molar refractivity (Wildman–Crippen MR) is 80.4 cm³/mol. The number of hydrogen-bond acceptors (Lipinski definition) is 3. The molecule has 0 aliphatic heterocycles. The van der Waals surface area contributed by atoms with Crippen LogP contribution in [-0.2, 0) is 11.2 Å². The lowest BCUT2D eigenvalue weighted by atomic mass is 10.1. The molecule has 1 rings (SSSR count). The highest BCUT2D eigenvalue weighted by Crippen LogP contribution is 2.29. The van der Waals surface area contributed by atoms with Crippen molar-refractivity contribution in [1.29, 1.82) is 0 Å². The van der Waals surface area contributed by atoms with E-state index in [2.05, 4.69) is 12.2 Å². The summed E-state index contributed by atoms with van der Waals surface area (Å²) in [7, 11) is 3.26. The highest BCUT2D eigenvalue weighted by Gasteiger charge is 2.11. The Balaban J connectivity index is 2.50. The highest BCUT2D eigenvalue weighted by atomic mass is 16.5. The molecule has 4 heteroatoms. The summed E-state index contributed by atoms with van der Waals surface area (Å²) in [6.45, 7) is 2.91. The molecule has 0 atom stereocenters. The molecule has 0 aliphatic carbocycles. The normalized spacial score (nSPS) is 10.2. The Morgan fingerprint density at radius 2 is 1.80 bits per heavy atom. The van der Waals surface area contributed by atoms with Crippen molar-refractivity contribution in [3.8, 4) is 11.5 Å². The third-order valence-electron chi connectivity index (χ3n) is 3.23. The van der Waals surface area contributed by atoms with Crippen LogP contribution in [0.3, 0.4) is 0 Å². The molecule has 112 valence electrons. The van der Waals surface area contributed by atoms with Crippen molar-refractivity contribution in [2.45, 2.75) is 39.0 Å². The molecule has 0 unspecified atom stereocenters. The minimum Gasteiger partial charge on any atom is -0.496 e. The summed E-state index contributed by atoms with van der Waals surface area (Å²) < 4.78 is 10.6. The topological polar surface area (TPSA) is 47.6 Å². The SMILES string of the molecule is CCCCCNC(=O)CCc1c(OC)cccc1OC. The molecular weight excluding hydrogens is 254 g/mol. The van der Waals surface area contributed by atoms with Crippen molar-refractivity contribution in [2.75, 3.05) is 20.8 Å². The van der Waals surface area contributed by atoms with Crippen LogP contribution >= 0.6 is 0 Å². The molecule has 1 amide bonds. The van der Waals surface area contributed by atoms with E-state index in [1.807, 2.05) is 18.2 Å². The van der Waals surface area contributed by atoms with E-state index in [-0.39, 0.29) is 5.91 Å². The highest BCUT2D eigenvalue weighted by molar-refractivity contribution is 5.76. The van der Waals surface area contributed by atoms with Gasteiger partial charge in [0, 0.05) is 18.5 Å². The maximum Gasteiger partial charge on any atom is 0.220 e. The van der Waals surface area contributed by atoms with Gasteiger partial charge in [-0.05, 0) is 25.0 Å². The summed E-state index contributed by atoms with van der Waals surface area (Å²) in [5.74, 6) is 1.61. The molecule has 20 heavy (non-hydrogen) atoms. The van der Waals surface area contributed by atoms with Crippen LogP contribution in [0, 0.1) is 0 Å². The number of hydrogen-bond donors (Lipinski definition) is 1. The van der Waals surface area contributed by atoms with Gasteiger partial charge < -0.3 is 14.8 Å². The van der Waals surface area contributed by atoms with E-state index in [1.165, 1.54) is 0 Å². The van der Waals surface area contributed by atoms with E-state index < -0.39 is 0 Å². The molecule has 1 aromatic rings. The molecule has 0 fully saturated rings. The molecule has 4 nitrogen and oxygen atoms in total. The summed E-state index contributed by atoms with van der Waals surface area (Å²) in [5.41, 5.74) is 0.946. The second-order valence-corrected chi connectivity index (χ2v) is 4.70. The first-order valence-electron chi connectivity index (χ1n) is 7.19. The van der Waals surface area contributed by atoms with Gasteiger partial charge in [-0.2, -0.15) is 0 Å². The van der Waals surface area contributed by atoms with Gasteiger partial charge >= 0.3 is 0 Å². The Morgan fingerprint density at radius 1 is 1.15 bits per heavy atom. The minimum absolute atomic E-state index is 0.0778. The Hall–Kier alpha value is -1.71. The van der Waals surface area contributed by atoms with Crippen LogP contribution < -0.4 is 14.8 Å². The summed E-state index contributed by atoms with van der Waals surface area (Å²) >= 11 is 0. The monoisotopic (exact) mass is 279 g/mol. The number of carbonyl (C=O) groups is 1. The maximum absolute atomic E-state index is 11.8. The number of unbranched alkanes of at least 4 members (excludes halogenated alkanes) is 2. The fourth-order valence-corrected chi connectivity index (χ4v) is 2.10. The van der Waals surface area contributed by atoms with Gasteiger partial charge in [-0.1, -0.05) is 25.8 Å². The second-order valence-electron chi connectivity index (χ2n) is 4.70. The maximum atomic E-state index is 11.8. The first kappa shape index (κ1) is 16.3. The van der Waals surface area contributed by atoms with E-state index in [4.69, 9.17) is 9.47 Å². The first-order valence-corrected chi connectivity index (χ1v) is 7.19. The Labute approximate surface area is 121 Å². The van der Waals surface area contributed by atoms with Crippen LogP contribution in [-0.4, -0.2) is 26.7 Å². The van der Waals surface area contributed by atoms with Crippen molar-refractivity contribution in [2.24, 2.45) is 0 Å². The lowest BCUT2D eigenvalue weighted by molar-refractivity contribution is -0.121. The summed E-state index contributed by atoms with van der Waals surface area (Å²) in [6.07, 6.45) is 4.42.